The number of H-pyrrole nitrogens is 1. The normalized spacial score (nSPS) is 12.2. The average Bonchev–Trinajstić information content (AvgIpc) is 3.35. The summed E-state index contributed by atoms with van der Waals surface area (Å²) in [6.07, 6.45) is 0. The van der Waals surface area contributed by atoms with Gasteiger partial charge in [0.05, 0.1) is 16.3 Å². The van der Waals surface area contributed by atoms with Crippen molar-refractivity contribution in [1.82, 2.24) is 19.6 Å². The third-order valence-electron chi connectivity index (χ3n) is 4.76. The number of aromatic amines is 1. The van der Waals surface area contributed by atoms with E-state index in [1.807, 2.05) is 90.2 Å². The molecule has 7 nitrogen and oxygen atoms in total. The number of thioether (sulfide) groups is 1. The Morgan fingerprint density at radius 3 is 2.52 bits per heavy atom. The third kappa shape index (κ3) is 3.97. The number of imidazole rings is 1. The summed E-state index contributed by atoms with van der Waals surface area (Å²) < 4.78 is 7.72. The van der Waals surface area contributed by atoms with E-state index in [4.69, 9.17) is 4.74 Å². The molecule has 5 rings (SSSR count). The lowest BCUT2D eigenvalue weighted by molar-refractivity contribution is -0.115. The molecule has 3 aromatic carbocycles. The molecule has 0 radical (unpaired) electrons. The van der Waals surface area contributed by atoms with Crippen LogP contribution in [0.1, 0.15) is 6.92 Å². The predicted molar refractivity (Wildman–Crippen MR) is 122 cm³/mol. The van der Waals surface area contributed by atoms with Crippen LogP contribution in [0.3, 0.4) is 0 Å². The van der Waals surface area contributed by atoms with Crippen LogP contribution >= 0.6 is 11.8 Å². The van der Waals surface area contributed by atoms with Crippen molar-refractivity contribution in [1.29, 1.82) is 0 Å². The van der Waals surface area contributed by atoms with Gasteiger partial charge < -0.3 is 10.1 Å². The minimum atomic E-state index is -0.354. The number of anilines is 1. The van der Waals surface area contributed by atoms with Gasteiger partial charge in [0.2, 0.25) is 11.7 Å². The highest BCUT2D eigenvalue weighted by Crippen LogP contribution is 2.27. The topological polar surface area (TPSA) is 84.3 Å². The summed E-state index contributed by atoms with van der Waals surface area (Å²) >= 11 is 1.38. The van der Waals surface area contributed by atoms with Crippen molar-refractivity contribution in [2.75, 3.05) is 5.32 Å². The van der Waals surface area contributed by atoms with Gasteiger partial charge in [0.15, 0.2) is 5.16 Å². The van der Waals surface area contributed by atoms with Crippen LogP contribution in [-0.4, -0.2) is 30.7 Å². The first-order chi connectivity index (χ1) is 15.2. The van der Waals surface area contributed by atoms with Gasteiger partial charge >= 0.3 is 0 Å². The summed E-state index contributed by atoms with van der Waals surface area (Å²) in [6, 6.07) is 24.7. The monoisotopic (exact) mass is 429 g/mol. The maximum absolute atomic E-state index is 12.7. The van der Waals surface area contributed by atoms with Gasteiger partial charge in [0.25, 0.3) is 0 Å². The molecule has 0 aliphatic carbocycles. The lowest BCUT2D eigenvalue weighted by Crippen LogP contribution is -2.22. The van der Waals surface area contributed by atoms with Crippen LogP contribution in [0.5, 0.6) is 11.5 Å². The highest BCUT2D eigenvalue weighted by molar-refractivity contribution is 8.00. The van der Waals surface area contributed by atoms with Crippen LogP contribution < -0.4 is 10.1 Å². The van der Waals surface area contributed by atoms with E-state index in [0.717, 1.165) is 16.8 Å². The summed E-state index contributed by atoms with van der Waals surface area (Å²) in [7, 11) is 0. The largest absolute Gasteiger partial charge is 0.457 e. The molecule has 0 bridgehead atoms. The number of hydrogen-bond acceptors (Lipinski definition) is 5. The molecule has 2 aromatic heterocycles. The minimum absolute atomic E-state index is 0.109. The summed E-state index contributed by atoms with van der Waals surface area (Å²) in [5, 5.41) is 10.5. The maximum atomic E-state index is 12.7. The van der Waals surface area contributed by atoms with E-state index in [1.54, 1.807) is 0 Å². The summed E-state index contributed by atoms with van der Waals surface area (Å²) in [5.41, 5.74) is 2.54. The van der Waals surface area contributed by atoms with Crippen molar-refractivity contribution >= 4 is 40.2 Å². The molecule has 0 aliphatic rings. The number of benzene rings is 3. The van der Waals surface area contributed by atoms with E-state index in [9.17, 15) is 4.79 Å². The molecule has 31 heavy (non-hydrogen) atoms. The van der Waals surface area contributed by atoms with Crippen molar-refractivity contribution in [3.05, 3.63) is 78.9 Å². The molecule has 2 heterocycles. The Hall–Kier alpha value is -3.78. The second-order valence-corrected chi connectivity index (χ2v) is 8.26. The van der Waals surface area contributed by atoms with Crippen molar-refractivity contribution in [3.63, 3.8) is 0 Å². The molecular formula is C23H19N5O2S. The summed E-state index contributed by atoms with van der Waals surface area (Å²) in [5.74, 6) is 2.02. The third-order valence-corrected chi connectivity index (χ3v) is 5.81. The SMILES string of the molecule is CC(Sc1n[nH]c2nc3ccccc3n12)C(=O)Nc1ccc(Oc2ccccc2)cc1. The standard InChI is InChI=1S/C23H19N5O2S/c1-15(31-23-27-26-22-25-19-9-5-6-10-20(19)28(22)23)21(29)24-16-11-13-18(14-12-16)30-17-7-3-2-4-8-17/h2-15H,1H3,(H,24,29)(H,25,26). The Kier molecular flexibility index (Phi) is 5.05. The number of fused-ring (bicyclic) bond motifs is 3. The number of nitrogens with zero attached hydrogens (tertiary/aromatic N) is 3. The van der Waals surface area contributed by atoms with Crippen molar-refractivity contribution in [2.45, 2.75) is 17.3 Å². The Bertz CT molecular complexity index is 1350. The van der Waals surface area contributed by atoms with E-state index in [0.29, 0.717) is 22.4 Å². The molecule has 0 saturated heterocycles. The van der Waals surface area contributed by atoms with E-state index in [1.165, 1.54) is 11.8 Å². The number of carbonyl (C=O) groups excluding carboxylic acids is 1. The zero-order chi connectivity index (χ0) is 21.2. The van der Waals surface area contributed by atoms with E-state index >= 15 is 0 Å². The van der Waals surface area contributed by atoms with Crippen molar-refractivity contribution in [2.24, 2.45) is 0 Å². The summed E-state index contributed by atoms with van der Waals surface area (Å²) in [4.78, 5) is 17.2. The molecule has 0 spiro atoms. The second kappa shape index (κ2) is 8.16. The quantitative estimate of drug-likeness (QED) is 0.366. The van der Waals surface area contributed by atoms with Crippen LogP contribution in [0.25, 0.3) is 16.8 Å². The lowest BCUT2D eigenvalue weighted by atomic mass is 10.3. The first kappa shape index (κ1) is 19.2. The van der Waals surface area contributed by atoms with Gasteiger partial charge in [0.1, 0.15) is 11.5 Å². The first-order valence-electron chi connectivity index (χ1n) is 9.79. The highest BCUT2D eigenvalue weighted by atomic mass is 32.2. The molecule has 0 saturated carbocycles. The van der Waals surface area contributed by atoms with E-state index in [-0.39, 0.29) is 11.2 Å². The van der Waals surface area contributed by atoms with Gasteiger partial charge in [-0.05, 0) is 55.5 Å². The number of rotatable bonds is 6. The molecule has 1 atom stereocenters. The number of para-hydroxylation sites is 3. The van der Waals surface area contributed by atoms with Gasteiger partial charge in [-0.25, -0.2) is 10.1 Å². The van der Waals surface area contributed by atoms with Gasteiger partial charge in [-0.15, -0.1) is 5.10 Å². The molecule has 154 valence electrons. The van der Waals surface area contributed by atoms with E-state index < -0.39 is 0 Å². The van der Waals surface area contributed by atoms with Crippen LogP contribution in [0.2, 0.25) is 0 Å². The molecule has 8 heteroatoms. The van der Waals surface area contributed by atoms with Gasteiger partial charge in [-0.2, -0.15) is 0 Å². The van der Waals surface area contributed by atoms with Crippen LogP contribution in [0.4, 0.5) is 5.69 Å². The number of ether oxygens (including phenoxy) is 1. The van der Waals surface area contributed by atoms with Gasteiger partial charge in [-0.1, -0.05) is 42.1 Å². The van der Waals surface area contributed by atoms with Gasteiger partial charge in [-0.3, -0.25) is 9.20 Å². The van der Waals surface area contributed by atoms with Crippen LogP contribution in [0, 0.1) is 0 Å². The summed E-state index contributed by atoms with van der Waals surface area (Å²) in [6.45, 7) is 1.85. The minimum Gasteiger partial charge on any atom is -0.457 e. The number of carbonyl (C=O) groups is 1. The second-order valence-electron chi connectivity index (χ2n) is 6.95. The molecule has 1 amide bonds. The average molecular weight is 430 g/mol. The number of nitrogens with one attached hydrogen (secondary N) is 2. The molecule has 5 aromatic rings. The maximum Gasteiger partial charge on any atom is 0.237 e. The molecule has 1 unspecified atom stereocenters. The van der Waals surface area contributed by atoms with Gasteiger partial charge in [0, 0.05) is 5.69 Å². The zero-order valence-corrected chi connectivity index (χ0v) is 17.5. The number of amides is 1. The van der Waals surface area contributed by atoms with Crippen molar-refractivity contribution < 1.29 is 9.53 Å². The highest BCUT2D eigenvalue weighted by Gasteiger charge is 2.20. The Balaban J connectivity index is 1.26. The molecule has 0 fully saturated rings. The van der Waals surface area contributed by atoms with Crippen molar-refractivity contribution in [3.8, 4) is 11.5 Å². The smallest absolute Gasteiger partial charge is 0.237 e. The Labute approximate surface area is 182 Å². The molecule has 0 aliphatic heterocycles. The number of aromatic nitrogens is 4. The first-order valence-corrected chi connectivity index (χ1v) is 10.7. The van der Waals surface area contributed by atoms with E-state index in [2.05, 4.69) is 20.5 Å². The Morgan fingerprint density at radius 2 is 1.71 bits per heavy atom. The number of hydrogen-bond donors (Lipinski definition) is 2. The van der Waals surface area contributed by atoms with Crippen LogP contribution in [0.15, 0.2) is 84.0 Å². The lowest BCUT2D eigenvalue weighted by Gasteiger charge is -2.12. The molecular weight excluding hydrogens is 410 g/mol. The zero-order valence-electron chi connectivity index (χ0n) is 16.6. The molecule has 2 N–H and O–H groups in total. The Morgan fingerprint density at radius 1 is 1.00 bits per heavy atom. The van der Waals surface area contributed by atoms with Crippen LogP contribution in [-0.2, 0) is 4.79 Å². The fourth-order valence-electron chi connectivity index (χ4n) is 3.21. The fourth-order valence-corrected chi connectivity index (χ4v) is 4.08. The fraction of sp³-hybridized carbons (Fsp3) is 0.0870. The predicted octanol–water partition coefficient (Wildman–Crippen LogP) is 5.12.